The van der Waals surface area contributed by atoms with Gasteiger partial charge in [0.1, 0.15) is 0 Å². The van der Waals surface area contributed by atoms with Crippen molar-refractivity contribution in [3.63, 3.8) is 0 Å². The molecule has 2 rings (SSSR count). The number of halogens is 3. The maximum Gasteiger partial charge on any atom is 0.416 e. The van der Waals surface area contributed by atoms with Crippen LogP contribution in [0.5, 0.6) is 0 Å². The van der Waals surface area contributed by atoms with Crippen LogP contribution in [0.25, 0.3) is 0 Å². The molecule has 0 atom stereocenters. The van der Waals surface area contributed by atoms with Gasteiger partial charge in [0.05, 0.1) is 5.56 Å². The van der Waals surface area contributed by atoms with Gasteiger partial charge in [-0.05, 0) is 31.0 Å². The molecule has 1 saturated carbocycles. The first kappa shape index (κ1) is 13.8. The number of benzene rings is 1. The average Bonchev–Trinajstić information content (AvgIpc) is 2.69. The SMILES string of the molecule is NC1CCCC1.Nc1cccc(C(F)(F)F)c1. The van der Waals surface area contributed by atoms with Gasteiger partial charge in [0.15, 0.2) is 0 Å². The van der Waals surface area contributed by atoms with Crippen molar-refractivity contribution in [2.75, 3.05) is 5.73 Å². The second kappa shape index (κ2) is 5.91. The van der Waals surface area contributed by atoms with E-state index in [2.05, 4.69) is 0 Å². The second-order valence-corrected chi connectivity index (χ2v) is 4.17. The van der Waals surface area contributed by atoms with Crippen molar-refractivity contribution in [2.24, 2.45) is 5.73 Å². The minimum absolute atomic E-state index is 0.125. The Balaban J connectivity index is 0.000000202. The summed E-state index contributed by atoms with van der Waals surface area (Å²) in [6.45, 7) is 0. The molecule has 1 aromatic carbocycles. The zero-order chi connectivity index (χ0) is 12.9. The summed E-state index contributed by atoms with van der Waals surface area (Å²) in [6, 6.07) is 5.12. The lowest BCUT2D eigenvalue weighted by atomic mass is 10.2. The summed E-state index contributed by atoms with van der Waals surface area (Å²) in [6.07, 6.45) is 0.956. The van der Waals surface area contributed by atoms with E-state index in [0.29, 0.717) is 6.04 Å². The van der Waals surface area contributed by atoms with Gasteiger partial charge in [-0.15, -0.1) is 0 Å². The second-order valence-electron chi connectivity index (χ2n) is 4.17. The fourth-order valence-corrected chi connectivity index (χ4v) is 1.67. The lowest BCUT2D eigenvalue weighted by Gasteiger charge is -2.05. The minimum atomic E-state index is -4.30. The van der Waals surface area contributed by atoms with Crippen LogP contribution in [0.2, 0.25) is 0 Å². The van der Waals surface area contributed by atoms with E-state index < -0.39 is 11.7 Å². The lowest BCUT2D eigenvalue weighted by Crippen LogP contribution is -2.13. The third-order valence-electron chi connectivity index (χ3n) is 2.61. The van der Waals surface area contributed by atoms with Gasteiger partial charge >= 0.3 is 6.18 Å². The van der Waals surface area contributed by atoms with Crippen LogP contribution in [0.15, 0.2) is 24.3 Å². The molecule has 0 bridgehead atoms. The molecule has 0 spiro atoms. The molecular weight excluding hydrogens is 229 g/mol. The van der Waals surface area contributed by atoms with Gasteiger partial charge in [-0.3, -0.25) is 0 Å². The molecule has 17 heavy (non-hydrogen) atoms. The molecule has 0 saturated heterocycles. The normalized spacial score (nSPS) is 16.5. The molecule has 0 radical (unpaired) electrons. The van der Waals surface area contributed by atoms with Crippen LogP contribution in [0, 0.1) is 0 Å². The van der Waals surface area contributed by atoms with Crippen molar-refractivity contribution in [3.8, 4) is 0 Å². The summed E-state index contributed by atoms with van der Waals surface area (Å²) < 4.78 is 35.7. The quantitative estimate of drug-likeness (QED) is 0.691. The Labute approximate surface area is 98.8 Å². The van der Waals surface area contributed by atoms with Crippen LogP contribution in [-0.4, -0.2) is 6.04 Å². The molecule has 0 aromatic heterocycles. The fourth-order valence-electron chi connectivity index (χ4n) is 1.67. The number of alkyl halides is 3. The van der Waals surface area contributed by atoms with Crippen molar-refractivity contribution in [1.29, 1.82) is 0 Å². The monoisotopic (exact) mass is 246 g/mol. The molecule has 1 aliphatic carbocycles. The van der Waals surface area contributed by atoms with Gasteiger partial charge < -0.3 is 11.5 Å². The summed E-state index contributed by atoms with van der Waals surface area (Å²) in [7, 11) is 0. The molecule has 1 aromatic rings. The van der Waals surface area contributed by atoms with Crippen LogP contribution in [0.1, 0.15) is 31.2 Å². The van der Waals surface area contributed by atoms with Crippen LogP contribution < -0.4 is 11.5 Å². The first-order chi connectivity index (χ1) is 7.89. The Hall–Kier alpha value is -1.23. The highest BCUT2D eigenvalue weighted by Crippen LogP contribution is 2.29. The zero-order valence-electron chi connectivity index (χ0n) is 9.50. The molecule has 0 unspecified atom stereocenters. The average molecular weight is 246 g/mol. The van der Waals surface area contributed by atoms with E-state index in [1.807, 2.05) is 0 Å². The summed E-state index contributed by atoms with van der Waals surface area (Å²) in [5, 5.41) is 0. The van der Waals surface area contributed by atoms with E-state index in [0.717, 1.165) is 12.1 Å². The highest BCUT2D eigenvalue weighted by atomic mass is 19.4. The molecular formula is C12H17F3N2. The highest BCUT2D eigenvalue weighted by molar-refractivity contribution is 5.41. The van der Waals surface area contributed by atoms with E-state index in [1.165, 1.54) is 37.8 Å². The number of hydrogen-bond acceptors (Lipinski definition) is 2. The Kier molecular flexibility index (Phi) is 4.81. The number of rotatable bonds is 0. The molecule has 1 aliphatic rings. The van der Waals surface area contributed by atoms with Crippen molar-refractivity contribution in [3.05, 3.63) is 29.8 Å². The maximum absolute atomic E-state index is 11.9. The lowest BCUT2D eigenvalue weighted by molar-refractivity contribution is -0.137. The first-order valence-electron chi connectivity index (χ1n) is 5.58. The molecule has 96 valence electrons. The van der Waals surface area contributed by atoms with Gasteiger partial charge in [-0.2, -0.15) is 13.2 Å². The predicted molar refractivity (Wildman–Crippen MR) is 62.3 cm³/mol. The van der Waals surface area contributed by atoms with Gasteiger partial charge in [-0.1, -0.05) is 18.9 Å². The molecule has 0 aliphatic heterocycles. The van der Waals surface area contributed by atoms with Gasteiger partial charge in [0, 0.05) is 11.7 Å². The molecule has 0 heterocycles. The van der Waals surface area contributed by atoms with Crippen molar-refractivity contribution in [1.82, 2.24) is 0 Å². The van der Waals surface area contributed by atoms with Gasteiger partial charge in [0.2, 0.25) is 0 Å². The largest absolute Gasteiger partial charge is 0.416 e. The summed E-state index contributed by atoms with van der Waals surface area (Å²) in [5.74, 6) is 0. The Bertz CT molecular complexity index is 344. The predicted octanol–water partition coefficient (Wildman–Crippen LogP) is 3.18. The van der Waals surface area contributed by atoms with Gasteiger partial charge in [0.25, 0.3) is 0 Å². The third kappa shape index (κ3) is 5.08. The van der Waals surface area contributed by atoms with E-state index in [-0.39, 0.29) is 5.69 Å². The molecule has 2 nitrogen and oxygen atoms in total. The fraction of sp³-hybridized carbons (Fsp3) is 0.500. The van der Waals surface area contributed by atoms with Crippen molar-refractivity contribution < 1.29 is 13.2 Å². The van der Waals surface area contributed by atoms with E-state index >= 15 is 0 Å². The van der Waals surface area contributed by atoms with Crippen LogP contribution in [0.4, 0.5) is 18.9 Å². The number of nitrogen functional groups attached to an aromatic ring is 1. The standard InChI is InChI=1S/C7H6F3N.C5H11N/c8-7(9,10)5-2-1-3-6(11)4-5;6-5-3-1-2-4-5/h1-4H,11H2;5H,1-4,6H2. The van der Waals surface area contributed by atoms with Crippen molar-refractivity contribution in [2.45, 2.75) is 37.9 Å². The smallest absolute Gasteiger partial charge is 0.399 e. The van der Waals surface area contributed by atoms with Crippen molar-refractivity contribution >= 4 is 5.69 Å². The van der Waals surface area contributed by atoms with E-state index in [4.69, 9.17) is 11.5 Å². The molecule has 5 heteroatoms. The zero-order valence-corrected chi connectivity index (χ0v) is 9.50. The first-order valence-corrected chi connectivity index (χ1v) is 5.58. The summed E-state index contributed by atoms with van der Waals surface area (Å²) >= 11 is 0. The minimum Gasteiger partial charge on any atom is -0.399 e. The Morgan fingerprint density at radius 3 is 2.00 bits per heavy atom. The van der Waals surface area contributed by atoms with Crippen LogP contribution in [-0.2, 0) is 6.18 Å². The molecule has 1 fully saturated rings. The number of hydrogen-bond donors (Lipinski definition) is 2. The molecule has 4 N–H and O–H groups in total. The summed E-state index contributed by atoms with van der Waals surface area (Å²) in [4.78, 5) is 0. The highest BCUT2D eigenvalue weighted by Gasteiger charge is 2.30. The third-order valence-corrected chi connectivity index (χ3v) is 2.61. The number of anilines is 1. The van der Waals surface area contributed by atoms with Crippen LogP contribution in [0.3, 0.4) is 0 Å². The van der Waals surface area contributed by atoms with Crippen LogP contribution >= 0.6 is 0 Å². The van der Waals surface area contributed by atoms with E-state index in [1.54, 1.807) is 0 Å². The maximum atomic E-state index is 11.9. The molecule has 0 amide bonds. The van der Waals surface area contributed by atoms with Gasteiger partial charge in [-0.25, -0.2) is 0 Å². The summed E-state index contributed by atoms with van der Waals surface area (Å²) in [5.41, 5.74) is 10.1. The Morgan fingerprint density at radius 2 is 1.71 bits per heavy atom. The number of nitrogens with two attached hydrogens (primary N) is 2. The topological polar surface area (TPSA) is 52.0 Å². The van der Waals surface area contributed by atoms with E-state index in [9.17, 15) is 13.2 Å². The Morgan fingerprint density at radius 1 is 1.12 bits per heavy atom.